The van der Waals surface area contributed by atoms with Gasteiger partial charge in [-0.3, -0.25) is 0 Å². The van der Waals surface area contributed by atoms with Crippen molar-refractivity contribution in [3.05, 3.63) is 12.2 Å². The van der Waals surface area contributed by atoms with Crippen molar-refractivity contribution in [2.75, 3.05) is 6.54 Å². The molecule has 0 bridgehead atoms. The first-order valence-electron chi connectivity index (χ1n) is 5.79. The molecule has 0 atom stereocenters. The maximum Gasteiger partial charge on any atom is 1.00 e. The summed E-state index contributed by atoms with van der Waals surface area (Å²) in [5.41, 5.74) is 0. The maximum atomic E-state index is 11.0. The van der Waals surface area contributed by atoms with Crippen LogP contribution in [-0.4, -0.2) is 23.5 Å². The molecule has 92 valence electrons. The van der Waals surface area contributed by atoms with Gasteiger partial charge in [-0.1, -0.05) is 39.0 Å². The molecule has 0 radical (unpaired) electrons. The van der Waals surface area contributed by atoms with E-state index in [0.717, 1.165) is 25.0 Å². The van der Waals surface area contributed by atoms with E-state index in [1.165, 1.54) is 25.7 Å². The Kier molecular flexibility index (Phi) is 15.4. The number of rotatable bonds is 9. The van der Waals surface area contributed by atoms with Gasteiger partial charge in [0, 0.05) is 12.6 Å². The average molecular weight is 249 g/mol. The minimum atomic E-state index is -1.12. The van der Waals surface area contributed by atoms with Gasteiger partial charge < -0.3 is 15.2 Å². The second kappa shape index (κ2) is 13.7. The van der Waals surface area contributed by atoms with Crippen molar-refractivity contribution in [1.29, 1.82) is 0 Å². The third kappa shape index (κ3) is 15.7. The number of carboxylic acid groups (broad SMARTS) is 1. The van der Waals surface area contributed by atoms with Crippen LogP contribution in [0.4, 0.5) is 0 Å². The molecule has 4 nitrogen and oxygen atoms in total. The summed E-state index contributed by atoms with van der Waals surface area (Å²) in [5.74, 6) is -1.58. The Morgan fingerprint density at radius 3 is 2.35 bits per heavy atom. The Morgan fingerprint density at radius 1 is 1.18 bits per heavy atom. The van der Waals surface area contributed by atoms with Gasteiger partial charge in [0.2, 0.25) is 0 Å². The molecule has 0 fully saturated rings. The topological polar surface area (TPSA) is 72.7 Å². The molecule has 0 heterocycles. The van der Waals surface area contributed by atoms with Gasteiger partial charge >= 0.3 is 35.5 Å². The first-order valence-corrected chi connectivity index (χ1v) is 5.79. The number of carboxylic acids is 1. The Hall–Kier alpha value is -0.320. The van der Waals surface area contributed by atoms with Gasteiger partial charge in [-0.05, 0) is 18.4 Å². The van der Waals surface area contributed by atoms with E-state index in [1.807, 2.05) is 0 Å². The predicted octanol–water partition coefficient (Wildman–Crippen LogP) is -1.25. The Bertz CT molecular complexity index is 252. The van der Waals surface area contributed by atoms with Crippen LogP contribution in [0.2, 0.25) is 0 Å². The molecule has 0 aliphatic carbocycles. The summed E-state index contributed by atoms with van der Waals surface area (Å²) in [6.07, 6.45) is 8.69. The van der Waals surface area contributed by atoms with Crippen LogP contribution in [0.3, 0.4) is 0 Å². The van der Waals surface area contributed by atoms with Gasteiger partial charge in [-0.25, -0.2) is 4.79 Å². The van der Waals surface area contributed by atoms with Crippen LogP contribution in [0.5, 0.6) is 0 Å². The van der Waals surface area contributed by atoms with Gasteiger partial charge in [0.05, 0.1) is 0 Å². The molecule has 0 aromatic heterocycles. The monoisotopic (exact) mass is 249 g/mol. The van der Waals surface area contributed by atoms with E-state index in [1.54, 1.807) is 0 Å². The molecule has 0 saturated heterocycles. The summed E-state index contributed by atoms with van der Waals surface area (Å²) >= 11 is 0. The molecule has 0 aliphatic rings. The molecule has 0 aromatic rings. The molecule has 0 rings (SSSR count). The summed E-state index contributed by atoms with van der Waals surface area (Å²) in [6.45, 7) is 2.66. The quantitative estimate of drug-likeness (QED) is 0.182. The number of nitrogens with zero attached hydrogens (tertiary/aromatic N) is 1. The van der Waals surface area contributed by atoms with Crippen LogP contribution in [0.15, 0.2) is 17.1 Å². The average Bonchev–Trinajstić information content (AvgIpc) is 2.25. The number of carbonyl (C=O) groups is 1. The number of unbranched alkanes of at least 4 members (excludes halogenated alkanes) is 5. The zero-order valence-corrected chi connectivity index (χ0v) is 12.8. The van der Waals surface area contributed by atoms with E-state index >= 15 is 0 Å². The van der Waals surface area contributed by atoms with E-state index < -0.39 is 11.9 Å². The van der Waals surface area contributed by atoms with Crippen molar-refractivity contribution < 1.29 is 44.6 Å². The van der Waals surface area contributed by atoms with Crippen molar-refractivity contribution in [2.24, 2.45) is 4.99 Å². The van der Waals surface area contributed by atoms with E-state index in [9.17, 15) is 9.90 Å². The second-order valence-corrected chi connectivity index (χ2v) is 3.66. The van der Waals surface area contributed by atoms with Crippen molar-refractivity contribution in [3.8, 4) is 0 Å². The van der Waals surface area contributed by atoms with Crippen LogP contribution in [0.25, 0.3) is 0 Å². The van der Waals surface area contributed by atoms with Gasteiger partial charge in [0.15, 0.2) is 0 Å². The first kappa shape index (κ1) is 19.0. The molecular weight excluding hydrogens is 229 g/mol. The van der Waals surface area contributed by atoms with Gasteiger partial charge in [0.1, 0.15) is 0 Å². The molecule has 0 aromatic carbocycles. The molecule has 0 unspecified atom stereocenters. The standard InChI is InChI=1S/C12H21NO3.Na/c1-2-3-4-5-6-7-10-13-11(14)8-9-12(15)16;/h8-9H,2-7,10H2,1H3,(H,13,14)(H,15,16);/q;+1/p-1/b9-8+;. The zero-order chi connectivity index (χ0) is 12.2. The van der Waals surface area contributed by atoms with Crippen molar-refractivity contribution in [3.63, 3.8) is 0 Å². The molecule has 0 saturated carbocycles. The molecular formula is C12H20NNaO3. The van der Waals surface area contributed by atoms with E-state index in [-0.39, 0.29) is 29.6 Å². The zero-order valence-electron chi connectivity index (χ0n) is 10.8. The summed E-state index contributed by atoms with van der Waals surface area (Å²) in [4.78, 5) is 13.8. The fraction of sp³-hybridized carbons (Fsp3) is 0.667. The molecule has 0 spiro atoms. The molecule has 0 amide bonds. The Balaban J connectivity index is 0. The number of hydrogen-bond acceptors (Lipinski definition) is 3. The fourth-order valence-corrected chi connectivity index (χ4v) is 1.28. The third-order valence-electron chi connectivity index (χ3n) is 2.15. The Labute approximate surface area is 125 Å². The van der Waals surface area contributed by atoms with Crippen molar-refractivity contribution in [2.45, 2.75) is 45.4 Å². The number of hydrogen-bond donors (Lipinski definition) is 1. The minimum Gasteiger partial charge on any atom is -0.859 e. The van der Waals surface area contributed by atoms with Crippen LogP contribution in [0.1, 0.15) is 45.4 Å². The fourth-order valence-electron chi connectivity index (χ4n) is 1.28. The molecule has 5 heteroatoms. The normalized spacial score (nSPS) is 11.5. The van der Waals surface area contributed by atoms with Gasteiger partial charge in [0.25, 0.3) is 0 Å². The van der Waals surface area contributed by atoms with E-state index in [4.69, 9.17) is 5.11 Å². The summed E-state index contributed by atoms with van der Waals surface area (Å²) in [5, 5.41) is 19.2. The van der Waals surface area contributed by atoms with E-state index in [2.05, 4.69) is 11.9 Å². The van der Waals surface area contributed by atoms with Gasteiger partial charge in [-0.2, -0.15) is 0 Å². The van der Waals surface area contributed by atoms with Crippen LogP contribution in [0, 0.1) is 0 Å². The van der Waals surface area contributed by atoms with Crippen LogP contribution < -0.4 is 34.7 Å². The third-order valence-corrected chi connectivity index (χ3v) is 2.15. The number of aliphatic carboxylic acids is 1. The second-order valence-electron chi connectivity index (χ2n) is 3.66. The maximum absolute atomic E-state index is 11.0. The smallest absolute Gasteiger partial charge is 0.859 e. The van der Waals surface area contributed by atoms with Crippen LogP contribution >= 0.6 is 0 Å². The summed E-state index contributed by atoms with van der Waals surface area (Å²) < 4.78 is 0. The largest absolute Gasteiger partial charge is 1.00 e. The number of aliphatic imine (C=N–C) groups is 1. The SMILES string of the molecule is CCCCCCCCN=C([O-])/C=C/C(=O)O.[Na+]. The van der Waals surface area contributed by atoms with E-state index in [0.29, 0.717) is 6.54 Å². The first-order chi connectivity index (χ1) is 7.66. The molecule has 1 N–H and O–H groups in total. The predicted molar refractivity (Wildman–Crippen MR) is 62.5 cm³/mol. The summed E-state index contributed by atoms with van der Waals surface area (Å²) in [7, 11) is 0. The molecule has 0 aliphatic heterocycles. The van der Waals surface area contributed by atoms with Crippen LogP contribution in [-0.2, 0) is 4.79 Å². The minimum absolute atomic E-state index is 0. The van der Waals surface area contributed by atoms with Gasteiger partial charge in [-0.15, -0.1) is 0 Å². The Morgan fingerprint density at radius 2 is 1.76 bits per heavy atom. The van der Waals surface area contributed by atoms with Crippen molar-refractivity contribution in [1.82, 2.24) is 0 Å². The van der Waals surface area contributed by atoms with Crippen molar-refractivity contribution >= 4 is 11.9 Å². The summed E-state index contributed by atoms with van der Waals surface area (Å²) in [6, 6.07) is 0. The molecule has 17 heavy (non-hydrogen) atoms.